The summed E-state index contributed by atoms with van der Waals surface area (Å²) >= 11 is 0. The average Bonchev–Trinajstić information content (AvgIpc) is 3.33. The van der Waals surface area contributed by atoms with Crippen LogP contribution in [0.5, 0.6) is 11.5 Å². The zero-order chi connectivity index (χ0) is 21.6. The second-order valence-corrected chi connectivity index (χ2v) is 7.42. The zero-order valence-corrected chi connectivity index (χ0v) is 17.7. The predicted molar refractivity (Wildman–Crippen MR) is 116 cm³/mol. The molecule has 0 unspecified atom stereocenters. The molecule has 4 rings (SSSR count). The van der Waals surface area contributed by atoms with E-state index in [1.807, 2.05) is 53.4 Å². The standard InChI is InChI=1S/C23H26N4O4/c1-29-19-9-8-16(14-20(19)30-2)15-24-21(28)17-10-12-27(13-11-17)23-26-25-22(31-23)18-6-4-3-5-7-18/h3-9,14,17H,10-13,15H2,1-2H3,(H,24,28). The number of methoxy groups -OCH3 is 2. The Morgan fingerprint density at radius 3 is 2.52 bits per heavy atom. The van der Waals surface area contributed by atoms with Gasteiger partial charge >= 0.3 is 6.01 Å². The van der Waals surface area contributed by atoms with Crippen LogP contribution >= 0.6 is 0 Å². The van der Waals surface area contributed by atoms with Crippen LogP contribution in [0.4, 0.5) is 6.01 Å². The number of hydrogen-bond donors (Lipinski definition) is 1. The van der Waals surface area contributed by atoms with E-state index < -0.39 is 0 Å². The molecule has 162 valence electrons. The van der Waals surface area contributed by atoms with Crippen LogP contribution < -0.4 is 19.7 Å². The first kappa shape index (κ1) is 20.7. The van der Waals surface area contributed by atoms with Crippen molar-refractivity contribution in [1.82, 2.24) is 15.5 Å². The van der Waals surface area contributed by atoms with Crippen molar-refractivity contribution < 1.29 is 18.7 Å². The van der Waals surface area contributed by atoms with E-state index >= 15 is 0 Å². The van der Waals surface area contributed by atoms with Crippen molar-refractivity contribution in [3.8, 4) is 23.0 Å². The molecule has 3 aromatic rings. The SMILES string of the molecule is COc1ccc(CNC(=O)C2CCN(c3nnc(-c4ccccc4)o3)CC2)cc1OC. The number of nitrogens with zero attached hydrogens (tertiary/aromatic N) is 3. The molecule has 1 amide bonds. The van der Waals surface area contributed by atoms with Crippen LogP contribution in [0.15, 0.2) is 52.9 Å². The molecule has 8 nitrogen and oxygen atoms in total. The predicted octanol–water partition coefficient (Wildman–Crippen LogP) is 3.29. The second-order valence-electron chi connectivity index (χ2n) is 7.42. The molecule has 2 aromatic carbocycles. The number of piperidine rings is 1. The third-order valence-electron chi connectivity index (χ3n) is 5.49. The molecule has 31 heavy (non-hydrogen) atoms. The van der Waals surface area contributed by atoms with Gasteiger partial charge in [-0.15, -0.1) is 5.10 Å². The summed E-state index contributed by atoms with van der Waals surface area (Å²) in [4.78, 5) is 14.7. The highest BCUT2D eigenvalue weighted by Crippen LogP contribution is 2.28. The highest BCUT2D eigenvalue weighted by Gasteiger charge is 2.27. The van der Waals surface area contributed by atoms with Gasteiger partial charge in [-0.2, -0.15) is 0 Å². The third-order valence-corrected chi connectivity index (χ3v) is 5.49. The van der Waals surface area contributed by atoms with E-state index in [0.29, 0.717) is 43.0 Å². The molecule has 1 N–H and O–H groups in total. The minimum atomic E-state index is -0.0343. The van der Waals surface area contributed by atoms with Gasteiger partial charge in [0, 0.05) is 31.1 Å². The van der Waals surface area contributed by atoms with E-state index in [4.69, 9.17) is 13.9 Å². The number of nitrogens with one attached hydrogen (secondary N) is 1. The van der Waals surface area contributed by atoms with Crippen molar-refractivity contribution in [2.24, 2.45) is 5.92 Å². The van der Waals surface area contributed by atoms with E-state index in [9.17, 15) is 4.79 Å². The van der Waals surface area contributed by atoms with Crippen LogP contribution in [0.25, 0.3) is 11.5 Å². The number of amides is 1. The van der Waals surface area contributed by atoms with Crippen molar-refractivity contribution in [3.05, 3.63) is 54.1 Å². The number of benzene rings is 2. The van der Waals surface area contributed by atoms with Crippen molar-refractivity contribution in [2.75, 3.05) is 32.2 Å². The smallest absolute Gasteiger partial charge is 0.318 e. The lowest BCUT2D eigenvalue weighted by atomic mass is 9.96. The fourth-order valence-electron chi connectivity index (χ4n) is 3.70. The summed E-state index contributed by atoms with van der Waals surface area (Å²) in [5.74, 6) is 1.85. The fraction of sp³-hybridized carbons (Fsp3) is 0.348. The van der Waals surface area contributed by atoms with Gasteiger partial charge in [-0.25, -0.2) is 0 Å². The third kappa shape index (κ3) is 4.79. The molecule has 0 saturated carbocycles. The number of aromatic nitrogens is 2. The van der Waals surface area contributed by atoms with Crippen molar-refractivity contribution in [1.29, 1.82) is 0 Å². The Morgan fingerprint density at radius 1 is 1.06 bits per heavy atom. The number of anilines is 1. The first-order valence-corrected chi connectivity index (χ1v) is 10.3. The Morgan fingerprint density at radius 2 is 1.81 bits per heavy atom. The Bertz CT molecular complexity index is 1010. The van der Waals surface area contributed by atoms with E-state index in [2.05, 4.69) is 15.5 Å². The molecule has 1 saturated heterocycles. The molecule has 0 radical (unpaired) electrons. The van der Waals surface area contributed by atoms with Gasteiger partial charge in [0.25, 0.3) is 0 Å². The number of rotatable bonds is 7. The molecule has 8 heteroatoms. The molecule has 0 bridgehead atoms. The fourth-order valence-corrected chi connectivity index (χ4v) is 3.70. The van der Waals surface area contributed by atoms with Crippen molar-refractivity contribution in [3.63, 3.8) is 0 Å². The number of ether oxygens (including phenoxy) is 2. The molecule has 0 aliphatic carbocycles. The van der Waals surface area contributed by atoms with Gasteiger partial charge in [-0.1, -0.05) is 29.4 Å². The van der Waals surface area contributed by atoms with Crippen LogP contribution in [0.3, 0.4) is 0 Å². The molecule has 1 aromatic heterocycles. The highest BCUT2D eigenvalue weighted by molar-refractivity contribution is 5.79. The van der Waals surface area contributed by atoms with E-state index in [1.165, 1.54) is 0 Å². The van der Waals surface area contributed by atoms with Crippen LogP contribution in [0.1, 0.15) is 18.4 Å². The summed E-state index contributed by atoms with van der Waals surface area (Å²) < 4.78 is 16.4. The van der Waals surface area contributed by atoms with E-state index in [0.717, 1.165) is 24.0 Å². The number of hydrogen-bond acceptors (Lipinski definition) is 7. The maximum Gasteiger partial charge on any atom is 0.318 e. The minimum Gasteiger partial charge on any atom is -0.493 e. The summed E-state index contributed by atoms with van der Waals surface area (Å²) in [6.07, 6.45) is 1.47. The average molecular weight is 422 g/mol. The van der Waals surface area contributed by atoms with Gasteiger partial charge in [0.2, 0.25) is 11.8 Å². The monoisotopic (exact) mass is 422 g/mol. The largest absolute Gasteiger partial charge is 0.493 e. The first-order valence-electron chi connectivity index (χ1n) is 10.3. The van der Waals surface area contributed by atoms with Gasteiger partial charge in [-0.05, 0) is 42.7 Å². The quantitative estimate of drug-likeness (QED) is 0.625. The number of carbonyl (C=O) groups is 1. The van der Waals surface area contributed by atoms with Gasteiger partial charge < -0.3 is 24.1 Å². The molecule has 0 spiro atoms. The van der Waals surface area contributed by atoms with E-state index in [-0.39, 0.29) is 11.8 Å². The molecular formula is C23H26N4O4. The highest BCUT2D eigenvalue weighted by atomic mass is 16.5. The summed E-state index contributed by atoms with van der Waals surface area (Å²) in [7, 11) is 3.20. The van der Waals surface area contributed by atoms with Crippen molar-refractivity contribution in [2.45, 2.75) is 19.4 Å². The zero-order valence-electron chi connectivity index (χ0n) is 17.7. The Balaban J connectivity index is 1.29. The van der Waals surface area contributed by atoms with Crippen LogP contribution in [-0.2, 0) is 11.3 Å². The molecule has 0 atom stereocenters. The summed E-state index contributed by atoms with van der Waals surface area (Å²) in [5.41, 5.74) is 1.86. The maximum atomic E-state index is 12.6. The summed E-state index contributed by atoms with van der Waals surface area (Å²) in [6.45, 7) is 1.85. The first-order chi connectivity index (χ1) is 15.2. The van der Waals surface area contributed by atoms with Crippen LogP contribution in [0, 0.1) is 5.92 Å². The van der Waals surface area contributed by atoms with Gasteiger partial charge in [0.15, 0.2) is 11.5 Å². The molecule has 1 aliphatic heterocycles. The molecule has 1 fully saturated rings. The summed E-state index contributed by atoms with van der Waals surface area (Å²) in [5, 5.41) is 11.4. The number of carbonyl (C=O) groups excluding carboxylic acids is 1. The lowest BCUT2D eigenvalue weighted by Crippen LogP contribution is -2.40. The molecular weight excluding hydrogens is 396 g/mol. The maximum absolute atomic E-state index is 12.6. The molecule has 1 aliphatic rings. The van der Waals surface area contributed by atoms with E-state index in [1.54, 1.807) is 14.2 Å². The Hall–Kier alpha value is -3.55. The molecule has 2 heterocycles. The topological polar surface area (TPSA) is 89.7 Å². The lowest BCUT2D eigenvalue weighted by Gasteiger charge is -2.29. The van der Waals surface area contributed by atoms with Gasteiger partial charge in [0.1, 0.15) is 0 Å². The Labute approximate surface area is 181 Å². The van der Waals surface area contributed by atoms with Crippen LogP contribution in [0.2, 0.25) is 0 Å². The van der Waals surface area contributed by atoms with Gasteiger partial charge in [0.05, 0.1) is 14.2 Å². The lowest BCUT2D eigenvalue weighted by molar-refractivity contribution is -0.125. The normalized spacial score (nSPS) is 14.3. The summed E-state index contributed by atoms with van der Waals surface area (Å²) in [6, 6.07) is 15.8. The van der Waals surface area contributed by atoms with Gasteiger partial charge in [-0.3, -0.25) is 4.79 Å². The van der Waals surface area contributed by atoms with Crippen LogP contribution in [-0.4, -0.2) is 43.4 Å². The van der Waals surface area contributed by atoms with Crippen molar-refractivity contribution >= 4 is 11.9 Å². The minimum absolute atomic E-state index is 0.0343. The Kier molecular flexibility index (Phi) is 6.35. The second kappa shape index (κ2) is 9.51.